The molecular weight excluding hydrogens is 487 g/mol. The zero-order valence-electron chi connectivity index (χ0n) is 17.4. The molecule has 2 aromatic rings. The molecule has 5 rings (SSSR count). The van der Waals surface area contributed by atoms with Crippen molar-refractivity contribution >= 4 is 28.5 Å². The van der Waals surface area contributed by atoms with Crippen molar-refractivity contribution in [2.45, 2.75) is 49.9 Å². The number of hydrogen-bond acceptors (Lipinski definition) is 4. The van der Waals surface area contributed by atoms with E-state index < -0.39 is 17.8 Å². The third-order valence-corrected chi connectivity index (χ3v) is 7.32. The van der Waals surface area contributed by atoms with Gasteiger partial charge in [-0.05, 0) is 42.9 Å². The molecule has 2 unspecified atom stereocenters. The van der Waals surface area contributed by atoms with E-state index >= 15 is 0 Å². The summed E-state index contributed by atoms with van der Waals surface area (Å²) in [5, 5.41) is 4.19. The fraction of sp³-hybridized carbons (Fsp3) is 0.455. The molecule has 3 heterocycles. The summed E-state index contributed by atoms with van der Waals surface area (Å²) in [5.74, 6) is -1.09. The van der Waals surface area contributed by atoms with Crippen LogP contribution in [0, 0.1) is 5.92 Å². The molecule has 2 aliphatic heterocycles. The largest absolute Gasteiger partial charge is 0.397 e. The summed E-state index contributed by atoms with van der Waals surface area (Å²) in [6, 6.07) is 7.57. The van der Waals surface area contributed by atoms with Crippen LogP contribution in [0.25, 0.3) is 11.9 Å². The summed E-state index contributed by atoms with van der Waals surface area (Å²) >= 11 is 3.16. The second-order valence-electron chi connectivity index (χ2n) is 8.75. The summed E-state index contributed by atoms with van der Waals surface area (Å²) in [6.07, 6.45) is 3.30. The fourth-order valence-electron chi connectivity index (χ4n) is 4.92. The summed E-state index contributed by atoms with van der Waals surface area (Å²) in [5.41, 5.74) is 4.23. The van der Waals surface area contributed by atoms with Crippen LogP contribution in [0.1, 0.15) is 48.8 Å². The van der Waals surface area contributed by atoms with Crippen molar-refractivity contribution in [3.05, 3.63) is 56.7 Å². The topological polar surface area (TPSA) is 54.6 Å². The minimum Gasteiger partial charge on any atom is -0.342 e. The number of likely N-dealkylation sites (N-methyl/N-ethyl adjacent to an activating group) is 1. The third kappa shape index (κ3) is 3.58. The monoisotopic (exact) mass is 509 g/mol. The highest BCUT2D eigenvalue weighted by Gasteiger charge is 2.45. The van der Waals surface area contributed by atoms with Crippen LogP contribution in [0.5, 0.6) is 0 Å². The second kappa shape index (κ2) is 7.83. The average molecular weight is 510 g/mol. The number of rotatable bonds is 4. The van der Waals surface area contributed by atoms with E-state index in [-0.39, 0.29) is 24.2 Å². The van der Waals surface area contributed by atoms with Gasteiger partial charge in [0.05, 0.1) is 11.4 Å². The van der Waals surface area contributed by atoms with Gasteiger partial charge in [-0.2, -0.15) is 18.3 Å². The minimum atomic E-state index is -4.44. The van der Waals surface area contributed by atoms with Crippen LogP contribution in [-0.2, 0) is 0 Å². The van der Waals surface area contributed by atoms with Crippen LogP contribution in [0.15, 0.2) is 44.8 Å². The fourth-order valence-corrected chi connectivity index (χ4v) is 5.44. The SMILES string of the molecule is CN1C=NNC1[C@@H](c1cccc(-n2cc3n(c2=O)C=C(Br)CC3C(F)(F)F)c1)C1CCC1. The number of halogens is 4. The number of alkyl halides is 3. The molecule has 1 fully saturated rings. The van der Waals surface area contributed by atoms with E-state index in [9.17, 15) is 18.0 Å². The number of imidazole rings is 1. The van der Waals surface area contributed by atoms with Crippen LogP contribution in [-0.4, -0.2) is 39.8 Å². The molecule has 1 N–H and O–H groups in total. The van der Waals surface area contributed by atoms with E-state index in [4.69, 9.17) is 0 Å². The summed E-state index contributed by atoms with van der Waals surface area (Å²) in [6.45, 7) is 0. The first-order chi connectivity index (χ1) is 15.2. The lowest BCUT2D eigenvalue weighted by atomic mass is 9.71. The first kappa shape index (κ1) is 21.4. The standard InChI is InChI=1S/C22H23BrF3N5O/c1-29-12-27-28-20(29)19(13-4-2-5-13)14-6-3-7-16(8-14)30-11-18-17(22(24,25)26)9-15(23)10-31(18)21(30)32/h3,6-8,10-13,17,19-20,28H,2,4-5,9H2,1H3/t17?,19-,20?/m1/s1. The van der Waals surface area contributed by atoms with Crippen molar-refractivity contribution in [2.24, 2.45) is 11.0 Å². The van der Waals surface area contributed by atoms with E-state index in [1.807, 2.05) is 30.1 Å². The Hall–Kier alpha value is -2.49. The van der Waals surface area contributed by atoms with E-state index in [1.54, 1.807) is 12.4 Å². The first-order valence-corrected chi connectivity index (χ1v) is 11.4. The molecule has 32 heavy (non-hydrogen) atoms. The predicted octanol–water partition coefficient (Wildman–Crippen LogP) is 4.57. The summed E-state index contributed by atoms with van der Waals surface area (Å²) < 4.78 is 43.7. The van der Waals surface area contributed by atoms with Gasteiger partial charge in [0.2, 0.25) is 0 Å². The molecule has 1 aromatic carbocycles. The molecule has 1 aromatic heterocycles. The van der Waals surface area contributed by atoms with Gasteiger partial charge in [0, 0.05) is 29.8 Å². The van der Waals surface area contributed by atoms with Crippen LogP contribution in [0.3, 0.4) is 0 Å². The van der Waals surface area contributed by atoms with Gasteiger partial charge in [-0.3, -0.25) is 14.6 Å². The zero-order valence-corrected chi connectivity index (χ0v) is 19.0. The van der Waals surface area contributed by atoms with Crippen LogP contribution in [0.2, 0.25) is 0 Å². The quantitative estimate of drug-likeness (QED) is 0.656. The molecule has 170 valence electrons. The van der Waals surface area contributed by atoms with Gasteiger partial charge in [0.25, 0.3) is 0 Å². The number of hydrogen-bond donors (Lipinski definition) is 1. The average Bonchev–Trinajstić information content (AvgIpc) is 3.27. The molecule has 0 spiro atoms. The molecule has 1 saturated carbocycles. The highest BCUT2D eigenvalue weighted by Crippen LogP contribution is 2.44. The normalized spacial score (nSPS) is 24.0. The number of nitrogens with zero attached hydrogens (tertiary/aromatic N) is 4. The molecule has 0 radical (unpaired) electrons. The number of allylic oxidation sites excluding steroid dienone is 1. The number of hydrazone groups is 1. The maximum Gasteiger partial charge on any atom is 0.397 e. The molecule has 0 saturated heterocycles. The first-order valence-electron chi connectivity index (χ1n) is 10.6. The van der Waals surface area contributed by atoms with Crippen LogP contribution >= 0.6 is 15.9 Å². The number of aromatic nitrogens is 2. The Kier molecular flexibility index (Phi) is 5.22. The summed E-state index contributed by atoms with van der Waals surface area (Å²) in [7, 11) is 1.97. The lowest BCUT2D eigenvalue weighted by Crippen LogP contribution is -2.44. The molecule has 0 bridgehead atoms. The Morgan fingerprint density at radius 2 is 2.06 bits per heavy atom. The zero-order chi connectivity index (χ0) is 22.6. The molecule has 10 heteroatoms. The predicted molar refractivity (Wildman–Crippen MR) is 120 cm³/mol. The van der Waals surface area contributed by atoms with Gasteiger partial charge in [0.1, 0.15) is 18.4 Å². The number of nitrogens with one attached hydrogen (secondary N) is 1. The van der Waals surface area contributed by atoms with Crippen molar-refractivity contribution in [3.63, 3.8) is 0 Å². The summed E-state index contributed by atoms with van der Waals surface area (Å²) in [4.78, 5) is 15.1. The van der Waals surface area contributed by atoms with E-state index in [1.165, 1.54) is 23.4 Å². The van der Waals surface area contributed by atoms with Crippen molar-refractivity contribution in [1.29, 1.82) is 0 Å². The van der Waals surface area contributed by atoms with Crippen molar-refractivity contribution < 1.29 is 13.2 Å². The molecule has 6 nitrogen and oxygen atoms in total. The van der Waals surface area contributed by atoms with Gasteiger partial charge in [0.15, 0.2) is 0 Å². The number of benzene rings is 1. The smallest absolute Gasteiger partial charge is 0.342 e. The van der Waals surface area contributed by atoms with E-state index in [0.717, 1.165) is 23.0 Å². The van der Waals surface area contributed by atoms with Gasteiger partial charge >= 0.3 is 11.9 Å². The van der Waals surface area contributed by atoms with Gasteiger partial charge < -0.3 is 4.90 Å². The van der Waals surface area contributed by atoms with Crippen molar-refractivity contribution in [3.8, 4) is 5.69 Å². The molecule has 0 amide bonds. The van der Waals surface area contributed by atoms with E-state index in [2.05, 4.69) is 26.5 Å². The Morgan fingerprint density at radius 1 is 1.28 bits per heavy atom. The van der Waals surface area contributed by atoms with E-state index in [0.29, 0.717) is 16.1 Å². The van der Waals surface area contributed by atoms with Gasteiger partial charge in [-0.25, -0.2) is 4.79 Å². The lowest BCUT2D eigenvalue weighted by Gasteiger charge is -2.39. The van der Waals surface area contributed by atoms with Gasteiger partial charge in [-0.15, -0.1) is 0 Å². The maximum atomic E-state index is 13.7. The molecular formula is C22H23BrF3N5O. The third-order valence-electron chi connectivity index (χ3n) is 6.79. The highest BCUT2D eigenvalue weighted by atomic mass is 79.9. The Labute approximate surface area is 191 Å². The molecule has 1 aliphatic carbocycles. The van der Waals surface area contributed by atoms with Crippen LogP contribution < -0.4 is 11.1 Å². The lowest BCUT2D eigenvalue weighted by molar-refractivity contribution is -0.151. The second-order valence-corrected chi connectivity index (χ2v) is 9.77. The Balaban J connectivity index is 1.56. The highest BCUT2D eigenvalue weighted by molar-refractivity contribution is 9.11. The van der Waals surface area contributed by atoms with Gasteiger partial charge in [-0.1, -0.05) is 34.5 Å². The Morgan fingerprint density at radius 3 is 2.69 bits per heavy atom. The molecule has 3 atom stereocenters. The van der Waals surface area contributed by atoms with Crippen molar-refractivity contribution in [2.75, 3.05) is 7.05 Å². The minimum absolute atomic E-state index is 0.00279. The molecule has 3 aliphatic rings. The van der Waals surface area contributed by atoms with Crippen molar-refractivity contribution in [1.82, 2.24) is 19.5 Å². The van der Waals surface area contributed by atoms with Crippen LogP contribution in [0.4, 0.5) is 13.2 Å². The Bertz CT molecular complexity index is 1150. The number of fused-ring (bicyclic) bond motifs is 1. The maximum absolute atomic E-state index is 13.7.